The van der Waals surface area contributed by atoms with Crippen LogP contribution in [0, 0.1) is 5.82 Å². The van der Waals surface area contributed by atoms with E-state index in [-0.39, 0.29) is 29.7 Å². The normalized spacial score (nSPS) is 10.4. The summed E-state index contributed by atoms with van der Waals surface area (Å²) in [6.07, 6.45) is 0.119. The molecule has 0 aliphatic carbocycles. The maximum absolute atomic E-state index is 13.6. The smallest absolute Gasteiger partial charge is 0.234 e. The van der Waals surface area contributed by atoms with Gasteiger partial charge >= 0.3 is 0 Å². The molecule has 0 bridgehead atoms. The lowest BCUT2D eigenvalue weighted by Crippen LogP contribution is -2.14. The molecule has 2 aromatic carbocycles. The van der Waals surface area contributed by atoms with Gasteiger partial charge in [-0.25, -0.2) is 4.39 Å². The van der Waals surface area contributed by atoms with Crippen molar-refractivity contribution in [2.24, 2.45) is 0 Å². The number of carbonyl (C=O) groups excluding carboxylic acids is 2. The fraction of sp³-hybridized carbons (Fsp3) is 0.200. The third-order valence-electron chi connectivity index (χ3n) is 3.94. The highest BCUT2D eigenvalue weighted by Gasteiger charge is 2.13. The van der Waals surface area contributed by atoms with Gasteiger partial charge < -0.3 is 20.1 Å². The average molecular weight is 463 g/mol. The molecule has 0 aliphatic heterocycles. The first-order valence-corrected chi connectivity index (χ1v) is 10.8. The maximum atomic E-state index is 13.6. The summed E-state index contributed by atoms with van der Waals surface area (Å²) in [7, 11) is 3.07. The zero-order valence-corrected chi connectivity index (χ0v) is 18.3. The second kappa shape index (κ2) is 10.7. The van der Waals surface area contributed by atoms with Crippen LogP contribution in [0.5, 0.6) is 11.5 Å². The Kier molecular flexibility index (Phi) is 7.79. The largest absolute Gasteiger partial charge is 0.493 e. The molecule has 0 aliphatic rings. The molecule has 0 saturated carbocycles. The van der Waals surface area contributed by atoms with Crippen LogP contribution < -0.4 is 20.1 Å². The quantitative estimate of drug-likeness (QED) is 0.370. The number of thioether (sulfide) groups is 1. The molecule has 2 N–H and O–H groups in total. The van der Waals surface area contributed by atoms with Crippen molar-refractivity contribution in [3.63, 3.8) is 0 Å². The molecule has 3 rings (SSSR count). The number of carbonyl (C=O) groups is 2. The Morgan fingerprint density at radius 3 is 2.55 bits per heavy atom. The fourth-order valence-corrected chi connectivity index (χ4v) is 4.10. The molecule has 0 fully saturated rings. The number of anilines is 2. The van der Waals surface area contributed by atoms with Crippen LogP contribution in [0.1, 0.15) is 5.56 Å². The summed E-state index contributed by atoms with van der Waals surface area (Å²) < 4.78 is 24.5. The molecular weight excluding hydrogens is 443 g/mol. The highest BCUT2D eigenvalue weighted by Crippen LogP contribution is 2.28. The number of ether oxygens (including phenoxy) is 2. The van der Waals surface area contributed by atoms with Gasteiger partial charge in [0.15, 0.2) is 15.8 Å². The molecule has 0 spiro atoms. The van der Waals surface area contributed by atoms with Gasteiger partial charge in [-0.2, -0.15) is 0 Å². The van der Waals surface area contributed by atoms with Gasteiger partial charge in [0.1, 0.15) is 5.82 Å². The predicted octanol–water partition coefficient (Wildman–Crippen LogP) is 3.61. The van der Waals surface area contributed by atoms with Crippen LogP contribution in [0.15, 0.2) is 46.8 Å². The van der Waals surface area contributed by atoms with Gasteiger partial charge in [-0.3, -0.25) is 9.59 Å². The number of hydrogen-bond acceptors (Lipinski definition) is 8. The Balaban J connectivity index is 1.50. The first kappa shape index (κ1) is 22.5. The third-order valence-corrected chi connectivity index (χ3v) is 5.91. The van der Waals surface area contributed by atoms with Crippen LogP contribution in [-0.4, -0.2) is 42.0 Å². The molecule has 0 saturated heterocycles. The maximum Gasteiger partial charge on any atom is 0.234 e. The minimum absolute atomic E-state index is 0.0303. The van der Waals surface area contributed by atoms with Crippen molar-refractivity contribution in [3.8, 4) is 11.5 Å². The van der Waals surface area contributed by atoms with E-state index in [1.54, 1.807) is 37.4 Å². The number of halogens is 1. The van der Waals surface area contributed by atoms with Gasteiger partial charge in [0.05, 0.1) is 32.1 Å². The minimum atomic E-state index is -0.503. The van der Waals surface area contributed by atoms with Gasteiger partial charge in [0.25, 0.3) is 0 Å². The summed E-state index contributed by atoms with van der Waals surface area (Å²) in [5.74, 6) is 0.00749. The van der Waals surface area contributed by atoms with Crippen molar-refractivity contribution >= 4 is 45.7 Å². The number of aromatic nitrogens is 2. The zero-order chi connectivity index (χ0) is 22.2. The summed E-state index contributed by atoms with van der Waals surface area (Å²) >= 11 is 2.29. The van der Waals surface area contributed by atoms with Crippen molar-refractivity contribution in [2.45, 2.75) is 10.8 Å². The summed E-state index contributed by atoms with van der Waals surface area (Å²) in [6, 6.07) is 11.2. The van der Waals surface area contributed by atoms with Crippen LogP contribution in [0.3, 0.4) is 0 Å². The molecule has 0 atom stereocenters. The molecule has 0 radical (unpaired) electrons. The lowest BCUT2D eigenvalue weighted by Gasteiger charge is -2.09. The van der Waals surface area contributed by atoms with E-state index in [9.17, 15) is 14.0 Å². The number of amides is 2. The second-order valence-electron chi connectivity index (χ2n) is 6.10. The number of benzene rings is 2. The Hall–Kier alpha value is -3.18. The van der Waals surface area contributed by atoms with Crippen molar-refractivity contribution in [2.75, 3.05) is 30.6 Å². The Labute approximate surface area is 186 Å². The van der Waals surface area contributed by atoms with E-state index in [1.807, 2.05) is 0 Å². The van der Waals surface area contributed by atoms with Crippen molar-refractivity contribution in [3.05, 3.63) is 53.8 Å². The molecule has 1 aromatic heterocycles. The average Bonchev–Trinajstić information content (AvgIpc) is 3.21. The summed E-state index contributed by atoms with van der Waals surface area (Å²) in [5, 5.41) is 13.4. The minimum Gasteiger partial charge on any atom is -0.493 e. The molecule has 8 nitrogen and oxygen atoms in total. The highest BCUT2D eigenvalue weighted by atomic mass is 32.2. The monoisotopic (exact) mass is 462 g/mol. The number of nitrogens with one attached hydrogen (secondary N) is 2. The van der Waals surface area contributed by atoms with E-state index in [0.29, 0.717) is 21.0 Å². The first-order chi connectivity index (χ1) is 15.0. The zero-order valence-electron chi connectivity index (χ0n) is 16.7. The van der Waals surface area contributed by atoms with E-state index in [0.717, 1.165) is 28.7 Å². The van der Waals surface area contributed by atoms with E-state index >= 15 is 0 Å². The molecule has 31 heavy (non-hydrogen) atoms. The van der Waals surface area contributed by atoms with Crippen molar-refractivity contribution in [1.82, 2.24) is 10.2 Å². The fourth-order valence-electron chi connectivity index (χ4n) is 2.53. The lowest BCUT2D eigenvalue weighted by molar-refractivity contribution is -0.115. The number of nitrogens with zero attached hydrogens (tertiary/aromatic N) is 2. The summed E-state index contributed by atoms with van der Waals surface area (Å²) in [4.78, 5) is 24.3. The standard InChI is InChI=1S/C20H19FN4O4S2/c1-28-15-8-7-12(9-16(15)29-2)10-17(26)23-19-24-25-20(31-19)30-11-18(27)22-14-6-4-3-5-13(14)21/h3-9H,10-11H2,1-2H3,(H,22,27)(H,23,24,26). The van der Waals surface area contributed by atoms with Crippen LogP contribution in [0.25, 0.3) is 0 Å². The van der Waals surface area contributed by atoms with Crippen LogP contribution in [0.4, 0.5) is 15.2 Å². The van der Waals surface area contributed by atoms with E-state index < -0.39 is 5.82 Å². The number of para-hydroxylation sites is 1. The number of rotatable bonds is 9. The topological polar surface area (TPSA) is 102 Å². The SMILES string of the molecule is COc1ccc(CC(=O)Nc2nnc(SCC(=O)Nc3ccccc3F)s2)cc1OC. The van der Waals surface area contributed by atoms with Gasteiger partial charge in [-0.05, 0) is 29.8 Å². The predicted molar refractivity (Wildman–Crippen MR) is 118 cm³/mol. The Morgan fingerprint density at radius 2 is 1.81 bits per heavy atom. The Morgan fingerprint density at radius 1 is 1.03 bits per heavy atom. The molecule has 1 heterocycles. The van der Waals surface area contributed by atoms with Crippen molar-refractivity contribution in [1.29, 1.82) is 0 Å². The van der Waals surface area contributed by atoms with Gasteiger partial charge in [-0.1, -0.05) is 41.3 Å². The van der Waals surface area contributed by atoms with Gasteiger partial charge in [-0.15, -0.1) is 10.2 Å². The molecular formula is C20H19FN4O4S2. The summed E-state index contributed by atoms with van der Waals surface area (Å²) in [5.41, 5.74) is 0.868. The van der Waals surface area contributed by atoms with Crippen LogP contribution in [0.2, 0.25) is 0 Å². The molecule has 3 aromatic rings. The van der Waals surface area contributed by atoms with Crippen LogP contribution in [-0.2, 0) is 16.0 Å². The second-order valence-corrected chi connectivity index (χ2v) is 8.30. The number of hydrogen-bond donors (Lipinski definition) is 2. The van der Waals surface area contributed by atoms with Gasteiger partial charge in [0.2, 0.25) is 16.9 Å². The van der Waals surface area contributed by atoms with E-state index in [1.165, 1.54) is 19.2 Å². The van der Waals surface area contributed by atoms with E-state index in [4.69, 9.17) is 9.47 Å². The third kappa shape index (κ3) is 6.40. The van der Waals surface area contributed by atoms with Crippen molar-refractivity contribution < 1.29 is 23.5 Å². The highest BCUT2D eigenvalue weighted by molar-refractivity contribution is 8.01. The van der Waals surface area contributed by atoms with Gasteiger partial charge in [0, 0.05) is 0 Å². The molecule has 11 heteroatoms. The molecule has 0 unspecified atom stereocenters. The van der Waals surface area contributed by atoms with E-state index in [2.05, 4.69) is 20.8 Å². The number of methoxy groups -OCH3 is 2. The first-order valence-electron chi connectivity index (χ1n) is 9.00. The summed E-state index contributed by atoms with van der Waals surface area (Å²) in [6.45, 7) is 0. The molecule has 162 valence electrons. The lowest BCUT2D eigenvalue weighted by atomic mass is 10.1. The Bertz CT molecular complexity index is 1080. The van der Waals surface area contributed by atoms with Crippen LogP contribution >= 0.6 is 23.1 Å². The molecule has 2 amide bonds.